The third-order valence-electron chi connectivity index (χ3n) is 3.42. The van der Waals surface area contributed by atoms with E-state index in [2.05, 4.69) is 22.4 Å². The molecule has 0 atom stereocenters. The van der Waals surface area contributed by atoms with Crippen LogP contribution in [-0.2, 0) is 0 Å². The summed E-state index contributed by atoms with van der Waals surface area (Å²) in [5.41, 5.74) is 2.81. The molecule has 0 saturated heterocycles. The van der Waals surface area contributed by atoms with Gasteiger partial charge in [0, 0.05) is 18.0 Å². The fourth-order valence-corrected chi connectivity index (χ4v) is 2.46. The number of aromatic nitrogens is 2. The van der Waals surface area contributed by atoms with Gasteiger partial charge in [-0.2, -0.15) is 5.26 Å². The lowest BCUT2D eigenvalue weighted by atomic mass is 10.0. The molecule has 120 valence electrons. The standard InChI is InChI=1S/C17H10F3N3O/c1-2-15-12(10-21)9-14(16-22-7-8-23(15)16)11-3-5-13(6-4-11)24-17(18,19)20/h2-9H,1H2. The average Bonchev–Trinajstić information content (AvgIpc) is 3.02. The van der Waals surface area contributed by atoms with Gasteiger partial charge in [-0.3, -0.25) is 4.40 Å². The Hall–Kier alpha value is -3.27. The first-order valence-corrected chi connectivity index (χ1v) is 6.81. The van der Waals surface area contributed by atoms with Gasteiger partial charge in [-0.05, 0) is 29.8 Å². The average molecular weight is 329 g/mol. The Bertz CT molecular complexity index is 950. The van der Waals surface area contributed by atoms with Gasteiger partial charge in [-0.25, -0.2) is 4.98 Å². The number of halogens is 3. The van der Waals surface area contributed by atoms with Crippen LogP contribution in [0.5, 0.6) is 5.75 Å². The molecule has 4 nitrogen and oxygen atoms in total. The number of nitriles is 1. The number of rotatable bonds is 3. The summed E-state index contributed by atoms with van der Waals surface area (Å²) in [6.45, 7) is 3.69. The summed E-state index contributed by atoms with van der Waals surface area (Å²) in [5.74, 6) is -0.311. The van der Waals surface area contributed by atoms with E-state index in [0.717, 1.165) is 0 Å². The maximum Gasteiger partial charge on any atom is 0.573 e. The molecular weight excluding hydrogens is 319 g/mol. The summed E-state index contributed by atoms with van der Waals surface area (Å²) in [4.78, 5) is 4.26. The van der Waals surface area contributed by atoms with Gasteiger partial charge in [0.15, 0.2) is 0 Å². The Morgan fingerprint density at radius 1 is 1.25 bits per heavy atom. The van der Waals surface area contributed by atoms with Crippen LogP contribution >= 0.6 is 0 Å². The molecule has 1 aromatic carbocycles. The van der Waals surface area contributed by atoms with Crippen LogP contribution in [0, 0.1) is 11.3 Å². The first-order valence-electron chi connectivity index (χ1n) is 6.81. The Morgan fingerprint density at radius 3 is 2.54 bits per heavy atom. The van der Waals surface area contributed by atoms with Gasteiger partial charge in [0.1, 0.15) is 17.5 Å². The number of hydrogen-bond acceptors (Lipinski definition) is 3. The number of nitrogens with zero attached hydrogens (tertiary/aromatic N) is 3. The highest BCUT2D eigenvalue weighted by Crippen LogP contribution is 2.30. The number of benzene rings is 1. The van der Waals surface area contributed by atoms with Gasteiger partial charge >= 0.3 is 6.36 Å². The van der Waals surface area contributed by atoms with E-state index in [1.54, 1.807) is 28.9 Å². The Labute approximate surface area is 135 Å². The smallest absolute Gasteiger partial charge is 0.406 e. The second-order valence-corrected chi connectivity index (χ2v) is 4.87. The van der Waals surface area contributed by atoms with Crippen molar-refractivity contribution in [3.63, 3.8) is 0 Å². The predicted octanol–water partition coefficient (Wildman–Crippen LogP) is 4.41. The number of fused-ring (bicyclic) bond motifs is 1. The van der Waals surface area contributed by atoms with Crippen molar-refractivity contribution >= 4 is 11.7 Å². The van der Waals surface area contributed by atoms with E-state index in [1.807, 2.05) is 0 Å². The summed E-state index contributed by atoms with van der Waals surface area (Å²) < 4.78 is 42.3. The number of imidazole rings is 1. The highest BCUT2D eigenvalue weighted by molar-refractivity contribution is 5.81. The Balaban J connectivity index is 2.12. The summed E-state index contributed by atoms with van der Waals surface area (Å²) in [6, 6.07) is 9.13. The quantitative estimate of drug-likeness (QED) is 0.715. The molecule has 0 aliphatic rings. The molecule has 0 fully saturated rings. The maximum absolute atomic E-state index is 12.2. The zero-order chi connectivity index (χ0) is 17.3. The van der Waals surface area contributed by atoms with Crippen molar-refractivity contribution in [1.29, 1.82) is 5.26 Å². The van der Waals surface area contributed by atoms with Crippen LogP contribution in [0.3, 0.4) is 0 Å². The molecular formula is C17H10F3N3O. The molecule has 0 bridgehead atoms. The van der Waals surface area contributed by atoms with E-state index in [1.165, 1.54) is 24.3 Å². The lowest BCUT2D eigenvalue weighted by molar-refractivity contribution is -0.274. The highest BCUT2D eigenvalue weighted by atomic mass is 19.4. The second kappa shape index (κ2) is 5.74. The van der Waals surface area contributed by atoms with Crippen LogP contribution in [0.15, 0.2) is 49.3 Å². The van der Waals surface area contributed by atoms with Crippen LogP contribution < -0.4 is 4.74 Å². The van der Waals surface area contributed by atoms with E-state index in [0.29, 0.717) is 28.0 Å². The highest BCUT2D eigenvalue weighted by Gasteiger charge is 2.31. The molecule has 0 aliphatic carbocycles. The van der Waals surface area contributed by atoms with Crippen molar-refractivity contribution < 1.29 is 17.9 Å². The summed E-state index contributed by atoms with van der Waals surface area (Å²) in [6.07, 6.45) is 0.0840. The molecule has 0 amide bonds. The van der Waals surface area contributed by atoms with E-state index in [9.17, 15) is 18.4 Å². The number of ether oxygens (including phenoxy) is 1. The lowest BCUT2D eigenvalue weighted by Crippen LogP contribution is -2.16. The summed E-state index contributed by atoms with van der Waals surface area (Å²) in [7, 11) is 0. The van der Waals surface area contributed by atoms with Crippen LogP contribution in [-0.4, -0.2) is 15.7 Å². The fraction of sp³-hybridized carbons (Fsp3) is 0.0588. The van der Waals surface area contributed by atoms with Crippen LogP contribution in [0.2, 0.25) is 0 Å². The lowest BCUT2D eigenvalue weighted by Gasteiger charge is -2.11. The molecule has 3 rings (SSSR count). The predicted molar refractivity (Wildman–Crippen MR) is 82.1 cm³/mol. The van der Waals surface area contributed by atoms with E-state index in [-0.39, 0.29) is 5.75 Å². The summed E-state index contributed by atoms with van der Waals surface area (Å²) in [5, 5.41) is 9.31. The Kier molecular flexibility index (Phi) is 3.73. The van der Waals surface area contributed by atoms with Gasteiger partial charge < -0.3 is 4.74 Å². The third-order valence-corrected chi connectivity index (χ3v) is 3.42. The molecule has 0 N–H and O–H groups in total. The first kappa shape index (κ1) is 15.6. The molecule has 2 aromatic heterocycles. The molecule has 2 heterocycles. The minimum Gasteiger partial charge on any atom is -0.406 e. The molecule has 0 aliphatic heterocycles. The van der Waals surface area contributed by atoms with Crippen LogP contribution in [0.25, 0.3) is 22.9 Å². The van der Waals surface area contributed by atoms with Crippen molar-refractivity contribution in [2.75, 3.05) is 0 Å². The number of alkyl halides is 3. The van der Waals surface area contributed by atoms with E-state index in [4.69, 9.17) is 0 Å². The second-order valence-electron chi connectivity index (χ2n) is 4.87. The van der Waals surface area contributed by atoms with E-state index < -0.39 is 6.36 Å². The molecule has 7 heteroatoms. The molecule has 3 aromatic rings. The van der Waals surface area contributed by atoms with Crippen molar-refractivity contribution in [2.45, 2.75) is 6.36 Å². The Morgan fingerprint density at radius 2 is 1.96 bits per heavy atom. The van der Waals surface area contributed by atoms with E-state index >= 15 is 0 Å². The topological polar surface area (TPSA) is 50.3 Å². The normalized spacial score (nSPS) is 11.2. The van der Waals surface area contributed by atoms with Gasteiger partial charge in [0.05, 0.1) is 11.3 Å². The van der Waals surface area contributed by atoms with Crippen molar-refractivity contribution in [3.05, 3.63) is 60.6 Å². The van der Waals surface area contributed by atoms with Crippen molar-refractivity contribution in [1.82, 2.24) is 9.38 Å². The molecule has 0 unspecified atom stereocenters. The van der Waals surface area contributed by atoms with Crippen LogP contribution in [0.1, 0.15) is 11.3 Å². The van der Waals surface area contributed by atoms with Crippen molar-refractivity contribution in [2.24, 2.45) is 0 Å². The fourth-order valence-electron chi connectivity index (χ4n) is 2.46. The maximum atomic E-state index is 12.2. The minimum atomic E-state index is -4.74. The van der Waals surface area contributed by atoms with Crippen molar-refractivity contribution in [3.8, 4) is 22.9 Å². The largest absolute Gasteiger partial charge is 0.573 e. The van der Waals surface area contributed by atoms with Gasteiger partial charge in [0.25, 0.3) is 0 Å². The monoisotopic (exact) mass is 329 g/mol. The van der Waals surface area contributed by atoms with Gasteiger partial charge in [0.2, 0.25) is 0 Å². The summed E-state index contributed by atoms with van der Waals surface area (Å²) >= 11 is 0. The van der Waals surface area contributed by atoms with Crippen LogP contribution in [0.4, 0.5) is 13.2 Å². The number of pyridine rings is 1. The SMILES string of the molecule is C=Cc1c(C#N)cc(-c2ccc(OC(F)(F)F)cc2)c2nccn12. The zero-order valence-corrected chi connectivity index (χ0v) is 12.2. The third kappa shape index (κ3) is 2.82. The molecule has 0 radical (unpaired) electrons. The minimum absolute atomic E-state index is 0.311. The molecule has 0 saturated carbocycles. The number of hydrogen-bond donors (Lipinski definition) is 0. The zero-order valence-electron chi connectivity index (χ0n) is 12.2. The molecule has 0 spiro atoms. The van der Waals surface area contributed by atoms with Gasteiger partial charge in [-0.1, -0.05) is 18.7 Å². The first-order chi connectivity index (χ1) is 11.4. The van der Waals surface area contributed by atoms with Gasteiger partial charge in [-0.15, -0.1) is 13.2 Å². The molecule has 24 heavy (non-hydrogen) atoms.